The molecule has 1 fully saturated rings. The number of carboxylic acid groups (broad SMARTS) is 1. The van der Waals surface area contributed by atoms with Crippen LogP contribution in [0.15, 0.2) is 59.1 Å². The van der Waals surface area contributed by atoms with Crippen LogP contribution >= 0.6 is 15.9 Å². The Balaban J connectivity index is 1.65. The van der Waals surface area contributed by atoms with Gasteiger partial charge >= 0.3 is 5.97 Å². The quantitative estimate of drug-likeness (QED) is 0.756. The number of amides is 1. The Morgan fingerprint density at radius 3 is 2.19 bits per heavy atom. The first-order chi connectivity index (χ1) is 13.0. The molecule has 1 heterocycles. The number of halogens is 1. The maximum Gasteiger partial charge on any atom is 0.303 e. The minimum Gasteiger partial charge on any atom is -0.481 e. The minimum absolute atomic E-state index is 0.0453. The lowest BCUT2D eigenvalue weighted by Crippen LogP contribution is -2.49. The normalized spacial score (nSPS) is 16.1. The first-order valence-corrected chi connectivity index (χ1v) is 9.89. The molecule has 0 radical (unpaired) electrons. The zero-order chi connectivity index (χ0) is 19.2. The van der Waals surface area contributed by atoms with Crippen LogP contribution in [0.5, 0.6) is 0 Å². The van der Waals surface area contributed by atoms with Crippen LogP contribution in [-0.4, -0.2) is 53.0 Å². The molecule has 5 nitrogen and oxygen atoms in total. The van der Waals surface area contributed by atoms with Crippen LogP contribution in [0.3, 0.4) is 0 Å². The van der Waals surface area contributed by atoms with E-state index in [2.05, 4.69) is 20.8 Å². The molecular formula is C21H23BrN2O3. The summed E-state index contributed by atoms with van der Waals surface area (Å²) in [4.78, 5) is 27.9. The summed E-state index contributed by atoms with van der Waals surface area (Å²) in [6.45, 7) is 2.76. The molecule has 142 valence electrons. The molecule has 1 amide bonds. The van der Waals surface area contributed by atoms with Crippen LogP contribution in [0.25, 0.3) is 0 Å². The molecule has 27 heavy (non-hydrogen) atoms. The van der Waals surface area contributed by atoms with E-state index in [-0.39, 0.29) is 18.4 Å². The predicted octanol–water partition coefficient (Wildman–Crippen LogP) is 3.81. The summed E-state index contributed by atoms with van der Waals surface area (Å²) in [5, 5.41) is 9.09. The van der Waals surface area contributed by atoms with Crippen LogP contribution in [-0.2, 0) is 4.79 Å². The van der Waals surface area contributed by atoms with Gasteiger partial charge in [0.25, 0.3) is 5.91 Å². The smallest absolute Gasteiger partial charge is 0.303 e. The largest absolute Gasteiger partial charge is 0.481 e. The molecule has 3 rings (SSSR count). The fourth-order valence-corrected chi connectivity index (χ4v) is 3.77. The lowest BCUT2D eigenvalue weighted by Gasteiger charge is -2.39. The molecule has 2 aromatic carbocycles. The zero-order valence-corrected chi connectivity index (χ0v) is 16.6. The van der Waals surface area contributed by atoms with Gasteiger partial charge in [-0.3, -0.25) is 14.5 Å². The monoisotopic (exact) mass is 430 g/mol. The number of carboxylic acids is 1. The highest BCUT2D eigenvalue weighted by atomic mass is 79.9. The van der Waals surface area contributed by atoms with Crippen LogP contribution in [0.4, 0.5) is 0 Å². The molecule has 0 aromatic heterocycles. The topological polar surface area (TPSA) is 60.9 Å². The molecule has 0 aliphatic carbocycles. The Bertz CT molecular complexity index is 772. The predicted molar refractivity (Wildman–Crippen MR) is 108 cm³/mol. The van der Waals surface area contributed by atoms with Gasteiger partial charge in [-0.05, 0) is 36.2 Å². The molecule has 0 saturated carbocycles. The van der Waals surface area contributed by atoms with Crippen molar-refractivity contribution < 1.29 is 14.7 Å². The van der Waals surface area contributed by atoms with Crippen molar-refractivity contribution in [2.45, 2.75) is 18.9 Å². The summed E-state index contributed by atoms with van der Waals surface area (Å²) in [6.07, 6.45) is 0.706. The molecule has 1 aliphatic heterocycles. The summed E-state index contributed by atoms with van der Waals surface area (Å²) < 4.78 is 0.952. The molecule has 6 heteroatoms. The Morgan fingerprint density at radius 1 is 0.963 bits per heavy atom. The van der Waals surface area contributed by atoms with Crippen molar-refractivity contribution >= 4 is 27.8 Å². The summed E-state index contributed by atoms with van der Waals surface area (Å²) in [5.74, 6) is -0.732. The van der Waals surface area contributed by atoms with E-state index in [1.807, 2.05) is 59.5 Å². The SMILES string of the molecule is O=C(O)CC[C@@H](c1ccccc1)N1CCN(C(=O)c2ccc(Br)cc2)CC1. The molecule has 1 N–H and O–H groups in total. The summed E-state index contributed by atoms with van der Waals surface area (Å²) >= 11 is 3.39. The second-order valence-corrected chi connectivity index (χ2v) is 7.61. The van der Waals surface area contributed by atoms with Gasteiger partial charge in [-0.15, -0.1) is 0 Å². The Morgan fingerprint density at radius 2 is 1.59 bits per heavy atom. The summed E-state index contributed by atoms with van der Waals surface area (Å²) in [5.41, 5.74) is 1.82. The number of hydrogen-bond donors (Lipinski definition) is 1. The van der Waals surface area contributed by atoms with Gasteiger partial charge in [-0.2, -0.15) is 0 Å². The Kier molecular flexibility index (Phi) is 6.63. The number of piperazine rings is 1. The van der Waals surface area contributed by atoms with E-state index in [0.29, 0.717) is 25.1 Å². The molecule has 0 spiro atoms. The van der Waals surface area contributed by atoms with Gasteiger partial charge in [0.1, 0.15) is 0 Å². The first-order valence-electron chi connectivity index (χ1n) is 9.10. The number of rotatable bonds is 6. The van der Waals surface area contributed by atoms with Gasteiger partial charge < -0.3 is 10.0 Å². The molecule has 1 aliphatic rings. The molecule has 1 atom stereocenters. The molecule has 0 bridgehead atoms. The highest BCUT2D eigenvalue weighted by molar-refractivity contribution is 9.10. The first kappa shape index (κ1) is 19.6. The maximum atomic E-state index is 12.7. The highest BCUT2D eigenvalue weighted by Gasteiger charge is 2.27. The van der Waals surface area contributed by atoms with Crippen LogP contribution in [0.1, 0.15) is 34.8 Å². The Hall–Kier alpha value is -2.18. The van der Waals surface area contributed by atoms with E-state index in [1.54, 1.807) is 0 Å². The third kappa shape index (κ3) is 5.17. The average Bonchev–Trinajstić information content (AvgIpc) is 2.69. The van der Waals surface area contributed by atoms with Gasteiger partial charge in [0.15, 0.2) is 0 Å². The van der Waals surface area contributed by atoms with Crippen LogP contribution in [0.2, 0.25) is 0 Å². The van der Waals surface area contributed by atoms with Gasteiger partial charge in [-0.25, -0.2) is 0 Å². The average molecular weight is 431 g/mol. The van der Waals surface area contributed by atoms with Crippen molar-refractivity contribution in [3.05, 3.63) is 70.2 Å². The molecular weight excluding hydrogens is 408 g/mol. The third-order valence-electron chi connectivity index (χ3n) is 4.95. The van der Waals surface area contributed by atoms with E-state index in [1.165, 1.54) is 0 Å². The minimum atomic E-state index is -0.778. The van der Waals surface area contributed by atoms with E-state index < -0.39 is 5.97 Å². The number of aliphatic carboxylic acids is 1. The lowest BCUT2D eigenvalue weighted by atomic mass is 9.99. The van der Waals surface area contributed by atoms with Gasteiger partial charge in [0.05, 0.1) is 0 Å². The van der Waals surface area contributed by atoms with Gasteiger partial charge in [0, 0.05) is 48.7 Å². The van der Waals surface area contributed by atoms with Crippen molar-refractivity contribution in [3.8, 4) is 0 Å². The number of carbonyl (C=O) groups is 2. The van der Waals surface area contributed by atoms with Crippen molar-refractivity contribution in [1.82, 2.24) is 9.80 Å². The van der Waals surface area contributed by atoms with Gasteiger partial charge in [0.2, 0.25) is 0 Å². The van der Waals surface area contributed by atoms with Crippen molar-refractivity contribution in [1.29, 1.82) is 0 Å². The fourth-order valence-electron chi connectivity index (χ4n) is 3.51. The van der Waals surface area contributed by atoms with Crippen molar-refractivity contribution in [2.75, 3.05) is 26.2 Å². The maximum absolute atomic E-state index is 12.7. The second-order valence-electron chi connectivity index (χ2n) is 6.69. The summed E-state index contributed by atoms with van der Waals surface area (Å²) in [6, 6.07) is 17.5. The second kappa shape index (κ2) is 9.15. The number of nitrogens with zero attached hydrogens (tertiary/aromatic N) is 2. The number of benzene rings is 2. The van der Waals surface area contributed by atoms with E-state index in [9.17, 15) is 9.59 Å². The summed E-state index contributed by atoms with van der Waals surface area (Å²) in [7, 11) is 0. The number of carbonyl (C=O) groups excluding carboxylic acids is 1. The zero-order valence-electron chi connectivity index (χ0n) is 15.1. The van der Waals surface area contributed by atoms with E-state index >= 15 is 0 Å². The third-order valence-corrected chi connectivity index (χ3v) is 5.48. The van der Waals surface area contributed by atoms with E-state index in [4.69, 9.17) is 5.11 Å². The Labute approximate surface area is 167 Å². The standard InChI is InChI=1S/C21H23BrN2O3/c22-18-8-6-17(7-9-18)21(27)24-14-12-23(13-15-24)19(10-11-20(25)26)16-4-2-1-3-5-16/h1-9,19H,10-15H2,(H,25,26)/t19-/m0/s1. The van der Waals surface area contributed by atoms with Crippen LogP contribution < -0.4 is 0 Å². The molecule has 0 unspecified atom stereocenters. The van der Waals surface area contributed by atoms with E-state index in [0.717, 1.165) is 23.1 Å². The van der Waals surface area contributed by atoms with Crippen LogP contribution in [0, 0.1) is 0 Å². The molecule has 1 saturated heterocycles. The van der Waals surface area contributed by atoms with Crippen molar-refractivity contribution in [2.24, 2.45) is 0 Å². The number of hydrogen-bond acceptors (Lipinski definition) is 3. The van der Waals surface area contributed by atoms with Gasteiger partial charge in [-0.1, -0.05) is 46.3 Å². The highest BCUT2D eigenvalue weighted by Crippen LogP contribution is 2.27. The fraction of sp³-hybridized carbons (Fsp3) is 0.333. The lowest BCUT2D eigenvalue weighted by molar-refractivity contribution is -0.137. The van der Waals surface area contributed by atoms with Crippen molar-refractivity contribution in [3.63, 3.8) is 0 Å². The molecule has 2 aromatic rings.